The van der Waals surface area contributed by atoms with Gasteiger partial charge in [-0.1, -0.05) is 35.4 Å². The molecule has 2 N–H and O–H groups in total. The van der Waals surface area contributed by atoms with Gasteiger partial charge in [0.25, 0.3) is 0 Å². The number of likely N-dealkylation sites (tertiary alicyclic amines) is 1. The second-order valence-electron chi connectivity index (χ2n) is 9.23. The molecule has 7 atom stereocenters. The Balaban J connectivity index is 2.00. The molecule has 9 heteroatoms. The van der Waals surface area contributed by atoms with Crippen molar-refractivity contribution in [2.24, 2.45) is 11.8 Å². The van der Waals surface area contributed by atoms with Crippen molar-refractivity contribution in [2.45, 2.75) is 79.3 Å². The molecule has 2 bridgehead atoms. The second kappa shape index (κ2) is 10.5. The molecule has 7 nitrogen and oxygen atoms in total. The first-order valence-corrected chi connectivity index (χ1v) is 13.4. The van der Waals surface area contributed by atoms with E-state index in [-0.39, 0.29) is 34.5 Å². The van der Waals surface area contributed by atoms with Gasteiger partial charge in [-0.05, 0) is 39.0 Å². The monoisotopic (exact) mass is 530 g/mol. The number of fused-ring (bicyclic) bond motifs is 1. The van der Waals surface area contributed by atoms with Crippen LogP contribution in [0.5, 0.6) is 0 Å². The zero-order valence-corrected chi connectivity index (χ0v) is 21.3. The number of hydrogen-bond acceptors (Lipinski definition) is 5. The Kier molecular flexibility index (Phi) is 8.36. The van der Waals surface area contributed by atoms with Crippen molar-refractivity contribution in [1.29, 1.82) is 0 Å². The molecule has 3 fully saturated rings. The van der Waals surface area contributed by atoms with Gasteiger partial charge >= 0.3 is 5.97 Å². The summed E-state index contributed by atoms with van der Waals surface area (Å²) < 4.78 is -0.724. The van der Waals surface area contributed by atoms with E-state index in [4.69, 9.17) is 5.11 Å². The molecular weight excluding hydrogens is 496 g/mol. The number of halogens is 1. The lowest BCUT2D eigenvalue weighted by atomic mass is 9.71. The van der Waals surface area contributed by atoms with Crippen LogP contribution in [0, 0.1) is 11.8 Å². The Morgan fingerprint density at radius 2 is 2.12 bits per heavy atom. The third-order valence-electron chi connectivity index (χ3n) is 7.21. The molecule has 0 aromatic carbocycles. The number of carboxylic acid groups (broad SMARTS) is 1. The van der Waals surface area contributed by atoms with Gasteiger partial charge < -0.3 is 20.0 Å². The number of aliphatic hydroxyl groups excluding tert-OH is 1. The first-order valence-electron chi connectivity index (χ1n) is 11.6. The van der Waals surface area contributed by atoms with Gasteiger partial charge in [0.1, 0.15) is 6.04 Å². The van der Waals surface area contributed by atoms with E-state index in [1.54, 1.807) is 11.0 Å². The van der Waals surface area contributed by atoms with Gasteiger partial charge in [0, 0.05) is 35.8 Å². The molecule has 0 radical (unpaired) electrons. The van der Waals surface area contributed by atoms with Crippen molar-refractivity contribution in [3.63, 3.8) is 0 Å². The molecule has 0 aromatic rings. The third kappa shape index (κ3) is 4.25. The normalized spacial score (nSPS) is 33.9. The van der Waals surface area contributed by atoms with Gasteiger partial charge in [-0.25, -0.2) is 0 Å². The fraction of sp³-hybridized carbons (Fsp3) is 0.783. The van der Waals surface area contributed by atoms with Gasteiger partial charge in [-0.2, -0.15) is 0 Å². The van der Waals surface area contributed by atoms with E-state index >= 15 is 0 Å². The van der Waals surface area contributed by atoms with Crippen molar-refractivity contribution in [2.75, 3.05) is 19.7 Å². The number of alkyl halides is 1. The smallest absolute Gasteiger partial charge is 0.308 e. The highest BCUT2D eigenvalue weighted by molar-refractivity contribution is 9.09. The van der Waals surface area contributed by atoms with Gasteiger partial charge in [0.05, 0.1) is 16.6 Å². The van der Waals surface area contributed by atoms with Crippen molar-refractivity contribution in [3.8, 4) is 0 Å². The molecule has 3 heterocycles. The summed E-state index contributed by atoms with van der Waals surface area (Å²) in [4.78, 5) is 43.4. The highest BCUT2D eigenvalue weighted by Gasteiger charge is 2.76. The number of unbranched alkanes of at least 4 members (excludes halogenated alkanes) is 2. The van der Waals surface area contributed by atoms with E-state index in [1.165, 1.54) is 11.8 Å². The van der Waals surface area contributed by atoms with Crippen molar-refractivity contribution < 1.29 is 24.6 Å². The number of rotatable bonds is 12. The first kappa shape index (κ1) is 25.6. The molecule has 0 aliphatic carbocycles. The topological polar surface area (TPSA) is 98.2 Å². The predicted octanol–water partition coefficient (Wildman–Crippen LogP) is 2.90. The standard InChI is InChI=1S/C23H35BrN2O5S/c1-4-9-14(3)25(10-5-2)21(29)19-23-13-15(24)18(32-23)16(22(30)31)17(23)20(28)26(19)11-7-6-8-12-27/h5,14-19,27H,2,4,6-13H2,1,3H3,(H,30,31)/t14?,15?,16-,17+,18-,19?,23?/m1/s1. The number of aliphatic hydroxyl groups is 1. The van der Waals surface area contributed by atoms with E-state index in [0.29, 0.717) is 32.4 Å². The fourth-order valence-corrected chi connectivity index (χ4v) is 9.46. The first-order chi connectivity index (χ1) is 15.2. The summed E-state index contributed by atoms with van der Waals surface area (Å²) in [5.74, 6) is -2.71. The molecule has 180 valence electrons. The maximum atomic E-state index is 14.1. The Morgan fingerprint density at radius 3 is 2.72 bits per heavy atom. The molecular formula is C23H35BrN2O5S. The lowest BCUT2D eigenvalue weighted by Crippen LogP contribution is -2.57. The molecule has 3 saturated heterocycles. The lowest BCUT2D eigenvalue weighted by Gasteiger charge is -2.39. The number of thioether (sulfide) groups is 1. The van der Waals surface area contributed by atoms with Gasteiger partial charge in [0.15, 0.2) is 0 Å². The Hall–Kier alpha value is -1.06. The molecule has 0 aromatic heterocycles. The minimum absolute atomic E-state index is 0.00549. The van der Waals surface area contributed by atoms with E-state index in [0.717, 1.165) is 19.3 Å². The van der Waals surface area contributed by atoms with Crippen LogP contribution in [-0.2, 0) is 14.4 Å². The molecule has 1 spiro atoms. The molecule has 4 unspecified atom stereocenters. The summed E-state index contributed by atoms with van der Waals surface area (Å²) in [6.07, 6.45) is 6.18. The number of carbonyl (C=O) groups excluding carboxylic acids is 2. The number of amides is 2. The second-order valence-corrected chi connectivity index (χ2v) is 12.0. The third-order valence-corrected chi connectivity index (χ3v) is 10.4. The van der Waals surface area contributed by atoms with Gasteiger partial charge in [-0.15, -0.1) is 18.3 Å². The summed E-state index contributed by atoms with van der Waals surface area (Å²) in [6, 6.07) is -0.668. The van der Waals surface area contributed by atoms with Crippen LogP contribution >= 0.6 is 27.7 Å². The quantitative estimate of drug-likeness (QED) is 0.228. The van der Waals surface area contributed by atoms with Crippen LogP contribution in [0.25, 0.3) is 0 Å². The van der Waals surface area contributed by atoms with Crippen LogP contribution in [-0.4, -0.2) is 84.4 Å². The number of hydrogen-bond donors (Lipinski definition) is 2. The summed E-state index contributed by atoms with van der Waals surface area (Å²) in [7, 11) is 0. The van der Waals surface area contributed by atoms with Gasteiger partial charge in [-0.3, -0.25) is 14.4 Å². The van der Waals surface area contributed by atoms with E-state index in [9.17, 15) is 19.5 Å². The summed E-state index contributed by atoms with van der Waals surface area (Å²) >= 11 is 5.20. The van der Waals surface area contributed by atoms with E-state index in [1.807, 2.05) is 11.8 Å². The zero-order valence-electron chi connectivity index (χ0n) is 18.9. The summed E-state index contributed by atoms with van der Waals surface area (Å²) in [6.45, 7) is 8.83. The summed E-state index contributed by atoms with van der Waals surface area (Å²) in [5, 5.41) is 18.9. The Bertz CT molecular complexity index is 752. The van der Waals surface area contributed by atoms with Crippen LogP contribution < -0.4 is 0 Å². The Morgan fingerprint density at radius 1 is 1.41 bits per heavy atom. The predicted molar refractivity (Wildman–Crippen MR) is 129 cm³/mol. The van der Waals surface area contributed by atoms with Crippen molar-refractivity contribution in [1.82, 2.24) is 9.80 Å². The van der Waals surface area contributed by atoms with E-state index < -0.39 is 28.6 Å². The fourth-order valence-electron chi connectivity index (χ4n) is 5.86. The Labute approximate surface area is 203 Å². The zero-order chi connectivity index (χ0) is 23.6. The van der Waals surface area contributed by atoms with E-state index in [2.05, 4.69) is 29.4 Å². The average Bonchev–Trinajstić information content (AvgIpc) is 3.33. The minimum atomic E-state index is -0.956. The SMILES string of the molecule is C=CCN(C(=O)C1N(CCCCCO)C(=O)[C@@H]2[C@@H](C(=O)O)[C@@H]3SC12CC3Br)C(C)CCC. The number of carboxylic acids is 1. The average molecular weight is 532 g/mol. The van der Waals surface area contributed by atoms with Gasteiger partial charge in [0.2, 0.25) is 11.8 Å². The molecule has 3 aliphatic heterocycles. The van der Waals surface area contributed by atoms with Crippen LogP contribution in [0.15, 0.2) is 12.7 Å². The molecule has 3 aliphatic rings. The van der Waals surface area contributed by atoms with Crippen LogP contribution in [0.2, 0.25) is 0 Å². The molecule has 32 heavy (non-hydrogen) atoms. The van der Waals surface area contributed by atoms with Crippen LogP contribution in [0.4, 0.5) is 0 Å². The number of nitrogens with zero attached hydrogens (tertiary/aromatic N) is 2. The highest BCUT2D eigenvalue weighted by Crippen LogP contribution is 2.67. The molecule has 3 rings (SSSR count). The van der Waals surface area contributed by atoms with Crippen LogP contribution in [0.3, 0.4) is 0 Å². The number of aliphatic carboxylic acids is 1. The molecule has 0 saturated carbocycles. The van der Waals surface area contributed by atoms with Crippen LogP contribution in [0.1, 0.15) is 52.4 Å². The maximum absolute atomic E-state index is 14.1. The highest BCUT2D eigenvalue weighted by atomic mass is 79.9. The van der Waals surface area contributed by atoms with Crippen molar-refractivity contribution >= 4 is 45.5 Å². The lowest BCUT2D eigenvalue weighted by molar-refractivity contribution is -0.148. The number of carbonyl (C=O) groups is 3. The largest absolute Gasteiger partial charge is 0.481 e. The summed E-state index contributed by atoms with van der Waals surface area (Å²) in [5.41, 5.74) is 0. The maximum Gasteiger partial charge on any atom is 0.308 e. The molecule has 2 amide bonds. The minimum Gasteiger partial charge on any atom is -0.481 e. The van der Waals surface area contributed by atoms with Crippen molar-refractivity contribution in [3.05, 3.63) is 12.7 Å².